The number of rotatable bonds is 13. The molecule has 0 unspecified atom stereocenters. The molecule has 9 nitrogen and oxygen atoms in total. The topological polar surface area (TPSA) is 100 Å². The largest absolute Gasteiger partial charge is 0.457 e. The number of benzene rings is 3. The average Bonchev–Trinajstić information content (AvgIpc) is 3.06. The maximum absolute atomic E-state index is 13.7. The molecule has 2 aliphatic heterocycles. The summed E-state index contributed by atoms with van der Waals surface area (Å²) in [5.41, 5.74) is 1.27. The summed E-state index contributed by atoms with van der Waals surface area (Å²) in [6.45, 7) is 5.48. The van der Waals surface area contributed by atoms with Gasteiger partial charge in [0, 0.05) is 32.7 Å². The second kappa shape index (κ2) is 15.6. The molecule has 0 aliphatic carbocycles. The first kappa shape index (κ1) is 32.0. The third-order valence-electron chi connectivity index (χ3n) is 8.62. The monoisotopic (exact) mass is 612 g/mol. The van der Waals surface area contributed by atoms with Gasteiger partial charge < -0.3 is 25.0 Å². The highest BCUT2D eigenvalue weighted by Crippen LogP contribution is 2.34. The summed E-state index contributed by atoms with van der Waals surface area (Å²) in [6.07, 6.45) is 3.46. The van der Waals surface area contributed by atoms with Gasteiger partial charge in [-0.15, -0.1) is 0 Å². The lowest BCUT2D eigenvalue weighted by Crippen LogP contribution is -2.72. The first-order valence-electron chi connectivity index (χ1n) is 16.1. The Morgan fingerprint density at radius 2 is 1.60 bits per heavy atom. The van der Waals surface area contributed by atoms with Gasteiger partial charge in [-0.3, -0.25) is 14.5 Å². The summed E-state index contributed by atoms with van der Waals surface area (Å²) in [5, 5.41) is 5.84. The van der Waals surface area contributed by atoms with Gasteiger partial charge in [-0.1, -0.05) is 67.6 Å². The summed E-state index contributed by atoms with van der Waals surface area (Å²) in [5.74, 6) is 1.56. The lowest BCUT2D eigenvalue weighted by Gasteiger charge is -2.51. The molecular formula is C36H44N4O5. The van der Waals surface area contributed by atoms with E-state index < -0.39 is 17.7 Å². The first-order chi connectivity index (χ1) is 22.0. The summed E-state index contributed by atoms with van der Waals surface area (Å²) in [6, 6.07) is 26.8. The number of piperidine rings is 1. The number of nitrogens with zero attached hydrogens (tertiary/aromatic N) is 2. The molecule has 1 spiro atoms. The number of para-hydroxylation sites is 1. The number of piperazine rings is 1. The molecule has 2 N–H and O–H groups in total. The van der Waals surface area contributed by atoms with Crippen molar-refractivity contribution < 1.29 is 23.9 Å². The number of ether oxygens (including phenoxy) is 2. The fraction of sp³-hybridized carbons (Fsp3) is 0.417. The standard InChI is InChI=1S/C36H44N4O5/c1-2-22-40-33(41)32(18-9-10-21-37-35(43)44-27-28-12-5-3-6-13-28)38-34(42)36(40)19-23-39(24-20-36)26-29-14-11-17-31(25-29)45-30-15-7-4-8-16-30/h3-8,11-17,25,32H,2,9-10,18-24,26-27H2,1H3,(H,37,43)(H,38,42)/t32-/m0/s1. The number of nitrogens with one attached hydrogen (secondary N) is 2. The van der Waals surface area contributed by atoms with Gasteiger partial charge in [0.2, 0.25) is 11.8 Å². The van der Waals surface area contributed by atoms with Crippen LogP contribution in [-0.4, -0.2) is 65.5 Å². The Morgan fingerprint density at radius 3 is 2.33 bits per heavy atom. The number of carbonyl (C=O) groups is 3. The first-order valence-corrected chi connectivity index (χ1v) is 16.1. The second-order valence-corrected chi connectivity index (χ2v) is 11.9. The highest BCUT2D eigenvalue weighted by Gasteiger charge is 2.53. The van der Waals surface area contributed by atoms with Gasteiger partial charge in [-0.05, 0) is 73.9 Å². The van der Waals surface area contributed by atoms with Gasteiger partial charge in [0.15, 0.2) is 0 Å². The molecule has 2 aliphatic rings. The van der Waals surface area contributed by atoms with Crippen LogP contribution >= 0.6 is 0 Å². The molecule has 0 saturated carbocycles. The molecule has 0 bridgehead atoms. The maximum atomic E-state index is 13.7. The van der Waals surface area contributed by atoms with Crippen LogP contribution in [-0.2, 0) is 27.5 Å². The number of alkyl carbamates (subject to hydrolysis) is 1. The number of hydrogen-bond acceptors (Lipinski definition) is 6. The van der Waals surface area contributed by atoms with Gasteiger partial charge in [-0.25, -0.2) is 4.79 Å². The van der Waals surface area contributed by atoms with E-state index in [1.165, 1.54) is 0 Å². The average molecular weight is 613 g/mol. The fourth-order valence-electron chi connectivity index (χ4n) is 6.23. The predicted molar refractivity (Wildman–Crippen MR) is 173 cm³/mol. The zero-order chi connectivity index (χ0) is 31.5. The lowest BCUT2D eigenvalue weighted by atomic mass is 9.81. The molecule has 0 radical (unpaired) electrons. The van der Waals surface area contributed by atoms with Gasteiger partial charge in [-0.2, -0.15) is 0 Å². The second-order valence-electron chi connectivity index (χ2n) is 11.9. The van der Waals surface area contributed by atoms with E-state index in [1.54, 1.807) is 0 Å². The molecule has 5 rings (SSSR count). The summed E-state index contributed by atoms with van der Waals surface area (Å²) in [7, 11) is 0. The smallest absolute Gasteiger partial charge is 0.407 e. The van der Waals surface area contributed by atoms with Crippen LogP contribution in [0.2, 0.25) is 0 Å². The van der Waals surface area contributed by atoms with Gasteiger partial charge in [0.05, 0.1) is 0 Å². The molecule has 2 fully saturated rings. The highest BCUT2D eigenvalue weighted by molar-refractivity contribution is 6.00. The molecule has 45 heavy (non-hydrogen) atoms. The molecule has 0 aromatic heterocycles. The quantitative estimate of drug-likeness (QED) is 0.242. The van der Waals surface area contributed by atoms with E-state index in [0.29, 0.717) is 45.2 Å². The number of amides is 3. The highest BCUT2D eigenvalue weighted by atomic mass is 16.5. The summed E-state index contributed by atoms with van der Waals surface area (Å²) in [4.78, 5) is 43.5. The van der Waals surface area contributed by atoms with Crippen molar-refractivity contribution in [2.75, 3.05) is 26.2 Å². The Labute approximate surface area is 265 Å². The molecule has 1 atom stereocenters. The van der Waals surface area contributed by atoms with Crippen LogP contribution in [0.5, 0.6) is 11.5 Å². The minimum atomic E-state index is -0.803. The minimum Gasteiger partial charge on any atom is -0.457 e. The number of unbranched alkanes of at least 4 members (excludes halogenated alkanes) is 1. The van der Waals surface area contributed by atoms with E-state index >= 15 is 0 Å². The predicted octanol–water partition coefficient (Wildman–Crippen LogP) is 5.65. The van der Waals surface area contributed by atoms with Crippen LogP contribution < -0.4 is 15.4 Å². The van der Waals surface area contributed by atoms with Crippen LogP contribution in [0.1, 0.15) is 56.6 Å². The molecule has 9 heteroatoms. The van der Waals surface area contributed by atoms with Crippen LogP contribution in [0.15, 0.2) is 84.9 Å². The molecule has 3 aromatic rings. The Bertz CT molecular complexity index is 1410. The molecule has 2 heterocycles. The maximum Gasteiger partial charge on any atom is 0.407 e. The Kier molecular flexibility index (Phi) is 11.1. The molecule has 3 aromatic carbocycles. The zero-order valence-corrected chi connectivity index (χ0v) is 26.1. The van der Waals surface area contributed by atoms with Crippen LogP contribution in [0, 0.1) is 0 Å². The van der Waals surface area contributed by atoms with Crippen molar-refractivity contribution in [3.8, 4) is 11.5 Å². The Balaban J connectivity index is 1.08. The van der Waals surface area contributed by atoms with E-state index in [-0.39, 0.29) is 18.4 Å². The van der Waals surface area contributed by atoms with E-state index in [2.05, 4.69) is 27.7 Å². The van der Waals surface area contributed by atoms with Crippen LogP contribution in [0.25, 0.3) is 0 Å². The van der Waals surface area contributed by atoms with Crippen LogP contribution in [0.3, 0.4) is 0 Å². The van der Waals surface area contributed by atoms with Crippen molar-refractivity contribution >= 4 is 17.9 Å². The van der Waals surface area contributed by atoms with Gasteiger partial charge >= 0.3 is 6.09 Å². The molecule has 3 amide bonds. The van der Waals surface area contributed by atoms with Crippen molar-refractivity contribution in [3.63, 3.8) is 0 Å². The van der Waals surface area contributed by atoms with Crippen molar-refractivity contribution in [2.24, 2.45) is 0 Å². The normalized spacial score (nSPS) is 18.0. The third kappa shape index (κ3) is 8.42. The van der Waals surface area contributed by atoms with Gasteiger partial charge in [0.25, 0.3) is 0 Å². The van der Waals surface area contributed by atoms with Crippen molar-refractivity contribution in [3.05, 3.63) is 96.1 Å². The van der Waals surface area contributed by atoms with Gasteiger partial charge in [0.1, 0.15) is 29.7 Å². The molecule has 2 saturated heterocycles. The van der Waals surface area contributed by atoms with E-state index in [1.807, 2.05) is 84.6 Å². The van der Waals surface area contributed by atoms with Crippen molar-refractivity contribution in [2.45, 2.75) is 70.2 Å². The van der Waals surface area contributed by atoms with E-state index in [4.69, 9.17) is 9.47 Å². The Hall–Kier alpha value is -4.37. The SMILES string of the molecule is CCCN1C(=O)[C@H](CCCCNC(=O)OCc2ccccc2)NC(=O)C12CCN(Cc1cccc(Oc3ccccc3)c1)CC2. The fourth-order valence-corrected chi connectivity index (χ4v) is 6.23. The van der Waals surface area contributed by atoms with Crippen molar-refractivity contribution in [1.29, 1.82) is 0 Å². The summed E-state index contributed by atoms with van der Waals surface area (Å²) >= 11 is 0. The van der Waals surface area contributed by atoms with Crippen LogP contribution in [0.4, 0.5) is 4.79 Å². The van der Waals surface area contributed by atoms with E-state index in [0.717, 1.165) is 48.7 Å². The molecule has 238 valence electrons. The number of carbonyl (C=O) groups excluding carboxylic acids is 3. The third-order valence-corrected chi connectivity index (χ3v) is 8.62. The summed E-state index contributed by atoms with van der Waals surface area (Å²) < 4.78 is 11.3. The number of hydrogen-bond donors (Lipinski definition) is 2. The zero-order valence-electron chi connectivity index (χ0n) is 26.1. The Morgan fingerprint density at radius 1 is 0.911 bits per heavy atom. The number of likely N-dealkylation sites (tertiary alicyclic amines) is 1. The van der Waals surface area contributed by atoms with E-state index in [9.17, 15) is 14.4 Å². The minimum absolute atomic E-state index is 0.00546. The van der Waals surface area contributed by atoms with Crippen molar-refractivity contribution in [1.82, 2.24) is 20.4 Å². The lowest BCUT2D eigenvalue weighted by molar-refractivity contribution is -0.161. The molecular weight excluding hydrogens is 568 g/mol.